The van der Waals surface area contributed by atoms with Crippen LogP contribution in [0.25, 0.3) is 22.8 Å². The lowest BCUT2D eigenvalue weighted by molar-refractivity contribution is 0.501. The van der Waals surface area contributed by atoms with Gasteiger partial charge in [-0.1, -0.05) is 29.8 Å². The molecule has 32 heavy (non-hydrogen) atoms. The quantitative estimate of drug-likeness (QED) is 0.532. The molecule has 2 heterocycles. The van der Waals surface area contributed by atoms with Crippen LogP contribution in [0.5, 0.6) is 0 Å². The Labute approximate surface area is 195 Å². The third-order valence-corrected chi connectivity index (χ3v) is 6.19. The van der Waals surface area contributed by atoms with Crippen LogP contribution in [-0.2, 0) is 0 Å². The predicted molar refractivity (Wildman–Crippen MR) is 134 cm³/mol. The third-order valence-electron chi connectivity index (χ3n) is 5.97. The van der Waals surface area contributed by atoms with E-state index in [4.69, 9.17) is 17.3 Å². The Bertz CT molecular complexity index is 1180. The Hall–Kier alpha value is -3.13. The Morgan fingerprint density at radius 1 is 1.19 bits per heavy atom. The van der Waals surface area contributed by atoms with Gasteiger partial charge >= 0.3 is 0 Å². The Balaban J connectivity index is 1.85. The number of piperidine rings is 1. The van der Waals surface area contributed by atoms with Gasteiger partial charge in [0.15, 0.2) is 0 Å². The number of nitriles is 1. The summed E-state index contributed by atoms with van der Waals surface area (Å²) in [5, 5.41) is 9.99. The van der Waals surface area contributed by atoms with Gasteiger partial charge in [-0.2, -0.15) is 5.26 Å². The van der Waals surface area contributed by atoms with Crippen LogP contribution in [-0.4, -0.2) is 24.1 Å². The summed E-state index contributed by atoms with van der Waals surface area (Å²) in [7, 11) is 0. The van der Waals surface area contributed by atoms with Gasteiger partial charge in [-0.15, -0.1) is 0 Å². The summed E-state index contributed by atoms with van der Waals surface area (Å²) < 4.78 is 0. The summed E-state index contributed by atoms with van der Waals surface area (Å²) >= 11 is 6.40. The van der Waals surface area contributed by atoms with E-state index in [1.165, 1.54) is 0 Å². The average Bonchev–Trinajstić information content (AvgIpc) is 2.79. The molecule has 2 aromatic carbocycles. The van der Waals surface area contributed by atoms with E-state index in [-0.39, 0.29) is 6.04 Å². The number of benzene rings is 2. The van der Waals surface area contributed by atoms with Crippen LogP contribution in [0, 0.1) is 18.3 Å². The number of aromatic nitrogens is 1. The smallest absolute Gasteiger partial charge is 0.0991 e. The van der Waals surface area contributed by atoms with Crippen molar-refractivity contribution in [1.82, 2.24) is 4.98 Å². The maximum atomic E-state index is 9.27. The van der Waals surface area contributed by atoms with Crippen LogP contribution in [0.2, 0.25) is 5.02 Å². The van der Waals surface area contributed by atoms with E-state index in [0.29, 0.717) is 5.56 Å². The Morgan fingerprint density at radius 3 is 2.69 bits per heavy atom. The lowest BCUT2D eigenvalue weighted by Gasteiger charge is -2.34. The van der Waals surface area contributed by atoms with E-state index in [1.54, 1.807) is 0 Å². The first-order valence-electron chi connectivity index (χ1n) is 10.9. The molecule has 4 rings (SSSR count). The summed E-state index contributed by atoms with van der Waals surface area (Å²) in [6, 6.07) is 16.3. The molecule has 1 aliphatic heterocycles. The van der Waals surface area contributed by atoms with E-state index in [9.17, 15) is 5.26 Å². The van der Waals surface area contributed by atoms with Crippen LogP contribution >= 0.6 is 11.6 Å². The highest BCUT2D eigenvalue weighted by molar-refractivity contribution is 6.31. The largest absolute Gasteiger partial charge is 0.370 e. The van der Waals surface area contributed by atoms with Gasteiger partial charge in [0.1, 0.15) is 0 Å². The van der Waals surface area contributed by atoms with Gasteiger partial charge in [0.05, 0.1) is 17.3 Å². The minimum absolute atomic E-state index is 0.249. The molecule has 2 N–H and O–H groups in total. The van der Waals surface area contributed by atoms with E-state index in [1.807, 2.05) is 48.8 Å². The normalized spacial score (nSPS) is 15.0. The summed E-state index contributed by atoms with van der Waals surface area (Å²) in [4.78, 5) is 7.00. The first kappa shape index (κ1) is 22.1. The summed E-state index contributed by atoms with van der Waals surface area (Å²) in [5.74, 6) is 0. The molecule has 162 valence electrons. The van der Waals surface area contributed by atoms with Crippen LogP contribution in [0.3, 0.4) is 0 Å². The minimum Gasteiger partial charge on any atom is -0.370 e. The van der Waals surface area contributed by atoms with Crippen LogP contribution in [0.4, 0.5) is 5.69 Å². The van der Waals surface area contributed by atoms with Crippen molar-refractivity contribution in [3.63, 3.8) is 0 Å². The molecular weight excluding hydrogens is 416 g/mol. The Kier molecular flexibility index (Phi) is 6.60. The standard InChI is InChI=1S/C27H27ClN4/c1-18-10-22(14-24(28)11-18)26-17-31-16-23(27(26)32-8-6-25(30)7-9-32)12-19(2)21-5-3-4-20(13-21)15-29/h3-5,10-14,16-17,25H,6-9,30H2,1-2H3/b19-12+. The summed E-state index contributed by atoms with van der Waals surface area (Å²) in [6.45, 7) is 5.93. The van der Waals surface area contributed by atoms with Gasteiger partial charge in [-0.05, 0) is 79.3 Å². The summed E-state index contributed by atoms with van der Waals surface area (Å²) in [6.07, 6.45) is 7.93. The maximum Gasteiger partial charge on any atom is 0.0991 e. The number of nitrogens with zero attached hydrogens (tertiary/aromatic N) is 3. The van der Waals surface area contributed by atoms with Crippen molar-refractivity contribution in [2.75, 3.05) is 18.0 Å². The van der Waals surface area contributed by atoms with Crippen LogP contribution < -0.4 is 10.6 Å². The minimum atomic E-state index is 0.249. The molecule has 5 heteroatoms. The molecule has 3 aromatic rings. The number of allylic oxidation sites excluding steroid dienone is 1. The molecule has 4 nitrogen and oxygen atoms in total. The molecule has 0 aliphatic carbocycles. The van der Waals surface area contributed by atoms with E-state index in [0.717, 1.165) is 70.0 Å². The number of rotatable bonds is 4. The number of aryl methyl sites for hydroxylation is 1. The molecule has 0 unspecified atom stereocenters. The fourth-order valence-corrected chi connectivity index (χ4v) is 4.59. The molecule has 1 aliphatic rings. The fraction of sp³-hybridized carbons (Fsp3) is 0.259. The number of pyridine rings is 1. The zero-order valence-electron chi connectivity index (χ0n) is 18.5. The van der Waals surface area contributed by atoms with Crippen molar-refractivity contribution in [3.8, 4) is 17.2 Å². The van der Waals surface area contributed by atoms with Gasteiger partial charge in [0.2, 0.25) is 0 Å². The van der Waals surface area contributed by atoms with E-state index >= 15 is 0 Å². The first-order valence-corrected chi connectivity index (χ1v) is 11.3. The van der Waals surface area contributed by atoms with Gasteiger partial charge in [0.25, 0.3) is 0 Å². The lowest BCUT2D eigenvalue weighted by Crippen LogP contribution is -2.40. The van der Waals surface area contributed by atoms with E-state index < -0.39 is 0 Å². The van der Waals surface area contributed by atoms with Crippen molar-refractivity contribution in [3.05, 3.63) is 82.1 Å². The SMILES string of the molecule is C/C(=C\c1cncc(-c2cc(C)cc(Cl)c2)c1N1CCC(N)CC1)c1cccc(C#N)c1. The van der Waals surface area contributed by atoms with Crippen molar-refractivity contribution < 1.29 is 0 Å². The van der Waals surface area contributed by atoms with Crippen molar-refractivity contribution in [2.45, 2.75) is 32.7 Å². The van der Waals surface area contributed by atoms with Gasteiger partial charge in [-0.3, -0.25) is 4.98 Å². The highest BCUT2D eigenvalue weighted by Crippen LogP contribution is 2.38. The molecule has 1 aromatic heterocycles. The molecule has 0 amide bonds. The van der Waals surface area contributed by atoms with Crippen molar-refractivity contribution in [1.29, 1.82) is 5.26 Å². The van der Waals surface area contributed by atoms with Crippen molar-refractivity contribution in [2.24, 2.45) is 5.73 Å². The van der Waals surface area contributed by atoms with Crippen LogP contribution in [0.1, 0.15) is 42.0 Å². The average molecular weight is 443 g/mol. The number of halogens is 1. The van der Waals surface area contributed by atoms with Gasteiger partial charge < -0.3 is 10.6 Å². The molecule has 1 saturated heterocycles. The molecule has 0 saturated carbocycles. The molecule has 0 atom stereocenters. The van der Waals surface area contributed by atoms with Gasteiger partial charge in [-0.25, -0.2) is 0 Å². The number of nitrogens with two attached hydrogens (primary N) is 1. The number of anilines is 1. The van der Waals surface area contributed by atoms with Crippen molar-refractivity contribution >= 4 is 28.9 Å². The molecular formula is C27H27ClN4. The second kappa shape index (κ2) is 9.56. The number of hydrogen-bond acceptors (Lipinski definition) is 4. The molecule has 0 spiro atoms. The predicted octanol–water partition coefficient (Wildman–Crippen LogP) is 6.07. The fourth-order valence-electron chi connectivity index (χ4n) is 4.31. The first-order chi connectivity index (χ1) is 15.4. The second-order valence-electron chi connectivity index (χ2n) is 8.49. The van der Waals surface area contributed by atoms with E-state index in [2.05, 4.69) is 41.9 Å². The monoisotopic (exact) mass is 442 g/mol. The zero-order chi connectivity index (χ0) is 22.7. The lowest BCUT2D eigenvalue weighted by atomic mass is 9.96. The maximum absolute atomic E-state index is 9.27. The summed E-state index contributed by atoms with van der Waals surface area (Å²) in [5.41, 5.74) is 14.4. The van der Waals surface area contributed by atoms with Crippen LogP contribution in [0.15, 0.2) is 54.9 Å². The second-order valence-corrected chi connectivity index (χ2v) is 8.92. The number of hydrogen-bond donors (Lipinski definition) is 1. The highest BCUT2D eigenvalue weighted by Gasteiger charge is 2.22. The topological polar surface area (TPSA) is 65.9 Å². The van der Waals surface area contributed by atoms with Gasteiger partial charge in [0, 0.05) is 47.7 Å². The molecule has 0 bridgehead atoms. The third kappa shape index (κ3) is 4.85. The Morgan fingerprint density at radius 2 is 1.97 bits per heavy atom. The highest BCUT2D eigenvalue weighted by atomic mass is 35.5. The molecule has 0 radical (unpaired) electrons. The molecule has 1 fully saturated rings. The zero-order valence-corrected chi connectivity index (χ0v) is 19.2.